The summed E-state index contributed by atoms with van der Waals surface area (Å²) in [6, 6.07) is 5.22. The molecule has 0 bridgehead atoms. The molecule has 0 unspecified atom stereocenters. The van der Waals surface area contributed by atoms with E-state index in [-0.39, 0.29) is 16.9 Å². The van der Waals surface area contributed by atoms with Crippen LogP contribution in [0, 0.1) is 0 Å². The normalized spacial score (nSPS) is 10.7. The summed E-state index contributed by atoms with van der Waals surface area (Å²) < 4.78 is 7.44. The van der Waals surface area contributed by atoms with Gasteiger partial charge in [-0.15, -0.1) is 0 Å². The Bertz CT molecular complexity index is 703. The maximum Gasteiger partial charge on any atom is 0.261 e. The largest absolute Gasteiger partial charge is 0.495 e. The molecule has 0 aliphatic heterocycles. The number of halogens is 1. The van der Waals surface area contributed by atoms with Crippen molar-refractivity contribution >= 4 is 32.6 Å². The molecule has 0 saturated carbocycles. The van der Waals surface area contributed by atoms with Gasteiger partial charge in [0.2, 0.25) is 0 Å². The van der Waals surface area contributed by atoms with Crippen molar-refractivity contribution in [1.82, 2.24) is 4.57 Å². The van der Waals surface area contributed by atoms with E-state index in [1.54, 1.807) is 26.3 Å². The lowest BCUT2D eigenvalue weighted by atomic mass is 10.1. The number of ether oxygens (including phenoxy) is 1. The van der Waals surface area contributed by atoms with Crippen LogP contribution < -0.4 is 10.3 Å². The van der Waals surface area contributed by atoms with Gasteiger partial charge in [-0.2, -0.15) is 0 Å². The van der Waals surface area contributed by atoms with Crippen molar-refractivity contribution in [3.63, 3.8) is 0 Å². The quantitative estimate of drug-likeness (QED) is 0.801. The summed E-state index contributed by atoms with van der Waals surface area (Å²) in [6.45, 7) is 1.39. The molecular formula is C13H12BrNO3. The number of aromatic nitrogens is 1. The Morgan fingerprint density at radius 3 is 2.56 bits per heavy atom. The van der Waals surface area contributed by atoms with E-state index in [1.807, 2.05) is 6.07 Å². The SMILES string of the molecule is COc1cc2c(cc1Br)cc(C(C)=O)c(=O)n2C. The Balaban J connectivity index is 2.91. The molecule has 2 rings (SSSR count). The van der Waals surface area contributed by atoms with Gasteiger partial charge in [0.05, 0.1) is 22.7 Å². The van der Waals surface area contributed by atoms with Crippen LogP contribution in [0.1, 0.15) is 17.3 Å². The number of benzene rings is 1. The minimum atomic E-state index is -0.292. The number of hydrogen-bond donors (Lipinski definition) is 0. The zero-order valence-electron chi connectivity index (χ0n) is 10.3. The number of hydrogen-bond acceptors (Lipinski definition) is 3. The number of ketones is 1. The monoisotopic (exact) mass is 309 g/mol. The van der Waals surface area contributed by atoms with Crippen LogP contribution in [-0.4, -0.2) is 17.5 Å². The Kier molecular flexibility index (Phi) is 3.26. The van der Waals surface area contributed by atoms with E-state index in [0.717, 1.165) is 15.4 Å². The van der Waals surface area contributed by atoms with Crippen LogP contribution in [0.3, 0.4) is 0 Å². The summed E-state index contributed by atoms with van der Waals surface area (Å²) in [5, 5.41) is 0.815. The standard InChI is InChI=1S/C13H12BrNO3/c1-7(16)9-4-8-5-10(14)12(18-3)6-11(8)15(2)13(9)17/h4-6H,1-3H3. The highest BCUT2D eigenvalue weighted by Crippen LogP contribution is 2.29. The lowest BCUT2D eigenvalue weighted by Crippen LogP contribution is -2.23. The number of nitrogens with zero attached hydrogens (tertiary/aromatic N) is 1. The highest BCUT2D eigenvalue weighted by Gasteiger charge is 2.12. The molecule has 4 nitrogen and oxygen atoms in total. The molecule has 1 heterocycles. The van der Waals surface area contributed by atoms with Gasteiger partial charge in [0.15, 0.2) is 5.78 Å². The Hall–Kier alpha value is -1.62. The van der Waals surface area contributed by atoms with Crippen molar-refractivity contribution in [3.05, 3.63) is 38.6 Å². The van der Waals surface area contributed by atoms with Crippen molar-refractivity contribution in [2.24, 2.45) is 7.05 Å². The molecule has 18 heavy (non-hydrogen) atoms. The molecule has 0 amide bonds. The van der Waals surface area contributed by atoms with E-state index in [9.17, 15) is 9.59 Å². The van der Waals surface area contributed by atoms with Crippen LogP contribution in [0.2, 0.25) is 0 Å². The predicted octanol–water partition coefficient (Wildman–Crippen LogP) is 2.51. The lowest BCUT2D eigenvalue weighted by molar-refractivity contribution is 0.101. The summed E-state index contributed by atoms with van der Waals surface area (Å²) in [5.41, 5.74) is 0.631. The van der Waals surface area contributed by atoms with Gasteiger partial charge in [0.25, 0.3) is 5.56 Å². The van der Waals surface area contributed by atoms with Crippen LogP contribution in [0.4, 0.5) is 0 Å². The summed E-state index contributed by atoms with van der Waals surface area (Å²) in [4.78, 5) is 23.4. The number of carbonyl (C=O) groups is 1. The molecule has 94 valence electrons. The van der Waals surface area contributed by atoms with E-state index >= 15 is 0 Å². The third kappa shape index (κ3) is 1.95. The summed E-state index contributed by atoms with van der Waals surface area (Å²) >= 11 is 3.38. The van der Waals surface area contributed by atoms with Crippen LogP contribution >= 0.6 is 15.9 Å². The molecule has 0 spiro atoms. The van der Waals surface area contributed by atoms with Crippen molar-refractivity contribution in [1.29, 1.82) is 0 Å². The van der Waals surface area contributed by atoms with Crippen LogP contribution in [0.25, 0.3) is 10.9 Å². The number of fused-ring (bicyclic) bond motifs is 1. The molecule has 0 fully saturated rings. The molecule has 0 aliphatic rings. The first-order chi connectivity index (χ1) is 8.45. The zero-order valence-corrected chi connectivity index (χ0v) is 11.9. The van der Waals surface area contributed by atoms with Gasteiger partial charge in [0, 0.05) is 18.5 Å². The first kappa shape index (κ1) is 12.8. The summed E-state index contributed by atoms with van der Waals surface area (Å²) in [7, 11) is 3.21. The Morgan fingerprint density at radius 1 is 1.33 bits per heavy atom. The van der Waals surface area contributed by atoms with Gasteiger partial charge in [0.1, 0.15) is 5.75 Å². The van der Waals surface area contributed by atoms with Crippen LogP contribution in [0.5, 0.6) is 5.75 Å². The lowest BCUT2D eigenvalue weighted by Gasteiger charge is -2.10. The predicted molar refractivity (Wildman–Crippen MR) is 73.4 cm³/mol. The number of Topliss-reactive ketones (excluding diaryl/α,β-unsaturated/α-hetero) is 1. The molecule has 5 heteroatoms. The van der Waals surface area contributed by atoms with Crippen molar-refractivity contribution in [3.8, 4) is 5.75 Å². The minimum Gasteiger partial charge on any atom is -0.495 e. The van der Waals surface area contributed by atoms with Gasteiger partial charge in [-0.3, -0.25) is 9.59 Å². The number of aryl methyl sites for hydroxylation is 1. The second kappa shape index (κ2) is 4.57. The molecule has 1 aromatic carbocycles. The third-order valence-electron chi connectivity index (χ3n) is 2.88. The maximum absolute atomic E-state index is 12.0. The van der Waals surface area contributed by atoms with Gasteiger partial charge in [-0.25, -0.2) is 0 Å². The zero-order chi connectivity index (χ0) is 13.4. The second-order valence-corrected chi connectivity index (χ2v) is 4.88. The van der Waals surface area contributed by atoms with Gasteiger partial charge < -0.3 is 9.30 Å². The molecule has 0 N–H and O–H groups in total. The van der Waals surface area contributed by atoms with E-state index in [2.05, 4.69) is 15.9 Å². The summed E-state index contributed by atoms with van der Waals surface area (Å²) in [6.07, 6.45) is 0. The van der Waals surface area contributed by atoms with E-state index in [4.69, 9.17) is 4.74 Å². The number of pyridine rings is 1. The molecular weight excluding hydrogens is 298 g/mol. The average molecular weight is 310 g/mol. The van der Waals surface area contributed by atoms with Crippen LogP contribution in [-0.2, 0) is 7.05 Å². The summed E-state index contributed by atoms with van der Waals surface area (Å²) in [5.74, 6) is 0.414. The second-order valence-electron chi connectivity index (χ2n) is 4.02. The topological polar surface area (TPSA) is 48.3 Å². The van der Waals surface area contributed by atoms with Crippen molar-refractivity contribution in [2.45, 2.75) is 6.92 Å². The highest BCUT2D eigenvalue weighted by molar-refractivity contribution is 9.10. The smallest absolute Gasteiger partial charge is 0.261 e. The average Bonchev–Trinajstić information content (AvgIpc) is 2.33. The number of methoxy groups -OCH3 is 1. The Morgan fingerprint density at radius 2 is 2.00 bits per heavy atom. The van der Waals surface area contributed by atoms with Crippen molar-refractivity contribution < 1.29 is 9.53 Å². The van der Waals surface area contributed by atoms with Gasteiger partial charge in [-0.05, 0) is 35.0 Å². The first-order valence-corrected chi connectivity index (χ1v) is 6.13. The van der Waals surface area contributed by atoms with Gasteiger partial charge >= 0.3 is 0 Å². The maximum atomic E-state index is 12.0. The molecule has 2 aromatic rings. The number of carbonyl (C=O) groups excluding carboxylic acids is 1. The first-order valence-electron chi connectivity index (χ1n) is 5.34. The molecule has 0 radical (unpaired) electrons. The molecule has 0 atom stereocenters. The Labute approximate surface area is 112 Å². The molecule has 0 saturated heterocycles. The van der Waals surface area contributed by atoms with Crippen LogP contribution in [0.15, 0.2) is 27.5 Å². The fourth-order valence-corrected chi connectivity index (χ4v) is 2.40. The third-order valence-corrected chi connectivity index (χ3v) is 3.50. The fraction of sp³-hybridized carbons (Fsp3) is 0.231. The fourth-order valence-electron chi connectivity index (χ4n) is 1.88. The number of rotatable bonds is 2. The van der Waals surface area contributed by atoms with Crippen molar-refractivity contribution in [2.75, 3.05) is 7.11 Å². The minimum absolute atomic E-state index is 0.196. The van der Waals surface area contributed by atoms with E-state index in [1.165, 1.54) is 11.5 Å². The molecule has 0 aliphatic carbocycles. The highest BCUT2D eigenvalue weighted by atomic mass is 79.9. The van der Waals surface area contributed by atoms with E-state index < -0.39 is 0 Å². The van der Waals surface area contributed by atoms with Gasteiger partial charge in [-0.1, -0.05) is 0 Å². The van der Waals surface area contributed by atoms with E-state index in [0.29, 0.717) is 5.75 Å². The molecule has 1 aromatic heterocycles.